The van der Waals surface area contributed by atoms with Gasteiger partial charge in [0, 0.05) is 20.1 Å². The summed E-state index contributed by atoms with van der Waals surface area (Å²) >= 11 is 0. The number of rotatable bonds is 4. The van der Waals surface area contributed by atoms with E-state index in [-0.39, 0.29) is 5.78 Å². The van der Waals surface area contributed by atoms with Gasteiger partial charge in [0.15, 0.2) is 5.78 Å². The maximum absolute atomic E-state index is 11.4. The number of imidazole rings is 1. The summed E-state index contributed by atoms with van der Waals surface area (Å²) in [5, 5.41) is 0. The minimum absolute atomic E-state index is 0.0803. The molecule has 0 N–H and O–H groups in total. The van der Waals surface area contributed by atoms with Gasteiger partial charge in [-0.25, -0.2) is 4.98 Å². The molecule has 1 fully saturated rings. The number of hydrogen-bond donors (Lipinski definition) is 0. The SMILES string of the molecule is COCc1ncc(C(C)=O)n1C1CCC1. The Hall–Kier alpha value is -1.16. The van der Waals surface area contributed by atoms with Gasteiger partial charge in [-0.3, -0.25) is 4.79 Å². The number of ether oxygens (including phenoxy) is 1. The fraction of sp³-hybridized carbons (Fsp3) is 0.636. The summed E-state index contributed by atoms with van der Waals surface area (Å²) in [6.07, 6.45) is 5.20. The van der Waals surface area contributed by atoms with Crippen molar-refractivity contribution in [2.24, 2.45) is 0 Å². The van der Waals surface area contributed by atoms with Crippen molar-refractivity contribution in [2.45, 2.75) is 38.8 Å². The predicted octanol–water partition coefficient (Wildman–Crippen LogP) is 1.96. The van der Waals surface area contributed by atoms with Gasteiger partial charge in [0.1, 0.15) is 18.1 Å². The van der Waals surface area contributed by atoms with E-state index >= 15 is 0 Å². The zero-order valence-electron chi connectivity index (χ0n) is 9.19. The number of carbonyl (C=O) groups excluding carboxylic acids is 1. The summed E-state index contributed by atoms with van der Waals surface area (Å²) in [5.74, 6) is 0.948. The molecule has 0 aliphatic heterocycles. The third-order valence-electron chi connectivity index (χ3n) is 2.95. The normalized spacial score (nSPS) is 16.4. The van der Waals surface area contributed by atoms with Crippen LogP contribution in [0.1, 0.15) is 48.5 Å². The van der Waals surface area contributed by atoms with E-state index in [9.17, 15) is 4.79 Å². The van der Waals surface area contributed by atoms with Crippen molar-refractivity contribution in [1.82, 2.24) is 9.55 Å². The standard InChI is InChI=1S/C11H16N2O2/c1-8(14)10-6-12-11(7-15-2)13(10)9-4-3-5-9/h6,9H,3-5,7H2,1-2H3. The molecule has 4 nitrogen and oxygen atoms in total. The number of ketones is 1. The molecule has 82 valence electrons. The zero-order valence-corrected chi connectivity index (χ0v) is 9.19. The summed E-state index contributed by atoms with van der Waals surface area (Å²) in [7, 11) is 1.65. The molecule has 1 aromatic rings. The first-order valence-corrected chi connectivity index (χ1v) is 5.30. The van der Waals surface area contributed by atoms with E-state index in [1.165, 1.54) is 6.42 Å². The molecule has 4 heteroatoms. The van der Waals surface area contributed by atoms with E-state index in [0.717, 1.165) is 18.7 Å². The van der Waals surface area contributed by atoms with Crippen LogP contribution in [0.3, 0.4) is 0 Å². The molecule has 0 bridgehead atoms. The predicted molar refractivity (Wildman–Crippen MR) is 55.8 cm³/mol. The highest BCUT2D eigenvalue weighted by atomic mass is 16.5. The maximum atomic E-state index is 11.4. The lowest BCUT2D eigenvalue weighted by atomic mass is 9.92. The maximum Gasteiger partial charge on any atom is 0.177 e. The van der Waals surface area contributed by atoms with Crippen LogP contribution in [0.25, 0.3) is 0 Å². The smallest absolute Gasteiger partial charge is 0.177 e. The van der Waals surface area contributed by atoms with Crippen LogP contribution in [0.15, 0.2) is 6.20 Å². The third kappa shape index (κ3) is 1.81. The van der Waals surface area contributed by atoms with Crippen molar-refractivity contribution in [1.29, 1.82) is 0 Å². The second-order valence-corrected chi connectivity index (χ2v) is 4.00. The zero-order chi connectivity index (χ0) is 10.8. The Morgan fingerprint density at radius 3 is 2.87 bits per heavy atom. The van der Waals surface area contributed by atoms with Crippen LogP contribution in [0, 0.1) is 0 Å². The molecule has 0 spiro atoms. The van der Waals surface area contributed by atoms with E-state index < -0.39 is 0 Å². The van der Waals surface area contributed by atoms with E-state index in [2.05, 4.69) is 9.55 Å². The first-order chi connectivity index (χ1) is 7.24. The van der Waals surface area contributed by atoms with Crippen LogP contribution < -0.4 is 0 Å². The number of carbonyl (C=O) groups is 1. The van der Waals surface area contributed by atoms with Gasteiger partial charge in [0.2, 0.25) is 0 Å². The average molecular weight is 208 g/mol. The Balaban J connectivity index is 2.34. The van der Waals surface area contributed by atoms with Crippen LogP contribution in [0.2, 0.25) is 0 Å². The molecule has 0 atom stereocenters. The summed E-state index contributed by atoms with van der Waals surface area (Å²) < 4.78 is 7.14. The lowest BCUT2D eigenvalue weighted by Gasteiger charge is -2.29. The number of Topliss-reactive ketones (excluding diaryl/α,β-unsaturated/α-hetero) is 1. The van der Waals surface area contributed by atoms with Crippen molar-refractivity contribution in [3.63, 3.8) is 0 Å². The van der Waals surface area contributed by atoms with Gasteiger partial charge in [-0.15, -0.1) is 0 Å². The molecule has 0 aromatic carbocycles. The Labute approximate surface area is 89.3 Å². The summed E-state index contributed by atoms with van der Waals surface area (Å²) in [6.45, 7) is 2.06. The van der Waals surface area contributed by atoms with E-state index in [1.54, 1.807) is 20.2 Å². The molecule has 0 amide bonds. The van der Waals surface area contributed by atoms with Crippen LogP contribution in [-0.2, 0) is 11.3 Å². The molecule has 15 heavy (non-hydrogen) atoms. The molecule has 2 rings (SSSR count). The molecule has 1 saturated carbocycles. The van der Waals surface area contributed by atoms with Gasteiger partial charge in [0.05, 0.1) is 6.20 Å². The number of nitrogens with zero attached hydrogens (tertiary/aromatic N) is 2. The fourth-order valence-corrected chi connectivity index (χ4v) is 1.95. The third-order valence-corrected chi connectivity index (χ3v) is 2.95. The monoisotopic (exact) mass is 208 g/mol. The van der Waals surface area contributed by atoms with Crippen molar-refractivity contribution in [3.05, 3.63) is 17.7 Å². The molecule has 1 aliphatic rings. The molecular formula is C11H16N2O2. The van der Waals surface area contributed by atoms with Gasteiger partial charge >= 0.3 is 0 Å². The second kappa shape index (κ2) is 4.14. The van der Waals surface area contributed by atoms with Crippen LogP contribution in [0.4, 0.5) is 0 Å². The Morgan fingerprint density at radius 2 is 2.40 bits per heavy atom. The van der Waals surface area contributed by atoms with E-state index in [1.807, 2.05) is 0 Å². The second-order valence-electron chi connectivity index (χ2n) is 4.00. The Bertz CT molecular complexity index is 367. The highest BCUT2D eigenvalue weighted by molar-refractivity contribution is 5.92. The molecule has 1 heterocycles. The summed E-state index contributed by atoms with van der Waals surface area (Å²) in [4.78, 5) is 15.7. The van der Waals surface area contributed by atoms with E-state index in [0.29, 0.717) is 18.3 Å². The molecule has 1 aliphatic carbocycles. The van der Waals surface area contributed by atoms with Crippen LogP contribution in [0.5, 0.6) is 0 Å². The Morgan fingerprint density at radius 1 is 1.67 bits per heavy atom. The van der Waals surface area contributed by atoms with Gasteiger partial charge in [-0.1, -0.05) is 0 Å². The minimum Gasteiger partial charge on any atom is -0.377 e. The number of methoxy groups -OCH3 is 1. The first-order valence-electron chi connectivity index (χ1n) is 5.30. The van der Waals surface area contributed by atoms with Crippen LogP contribution in [-0.4, -0.2) is 22.4 Å². The van der Waals surface area contributed by atoms with Gasteiger partial charge < -0.3 is 9.30 Å². The molecule has 0 unspecified atom stereocenters. The fourth-order valence-electron chi connectivity index (χ4n) is 1.95. The van der Waals surface area contributed by atoms with Gasteiger partial charge in [0.25, 0.3) is 0 Å². The van der Waals surface area contributed by atoms with Crippen molar-refractivity contribution in [2.75, 3.05) is 7.11 Å². The first kappa shape index (κ1) is 10.4. The molecular weight excluding hydrogens is 192 g/mol. The van der Waals surface area contributed by atoms with E-state index in [4.69, 9.17) is 4.74 Å². The lowest BCUT2D eigenvalue weighted by Crippen LogP contribution is -2.22. The highest BCUT2D eigenvalue weighted by Gasteiger charge is 2.25. The topological polar surface area (TPSA) is 44.1 Å². The van der Waals surface area contributed by atoms with Crippen molar-refractivity contribution >= 4 is 5.78 Å². The van der Waals surface area contributed by atoms with Crippen molar-refractivity contribution in [3.8, 4) is 0 Å². The largest absolute Gasteiger partial charge is 0.377 e. The van der Waals surface area contributed by atoms with Gasteiger partial charge in [-0.2, -0.15) is 0 Å². The molecule has 0 radical (unpaired) electrons. The molecule has 1 aromatic heterocycles. The Kier molecular flexibility index (Phi) is 2.86. The number of hydrogen-bond acceptors (Lipinski definition) is 3. The quantitative estimate of drug-likeness (QED) is 0.710. The van der Waals surface area contributed by atoms with Gasteiger partial charge in [-0.05, 0) is 19.3 Å². The van der Waals surface area contributed by atoms with Crippen molar-refractivity contribution < 1.29 is 9.53 Å². The summed E-state index contributed by atoms with van der Waals surface area (Å²) in [5.41, 5.74) is 0.715. The summed E-state index contributed by atoms with van der Waals surface area (Å²) in [6, 6.07) is 0.455. The lowest BCUT2D eigenvalue weighted by molar-refractivity contribution is 0.0995. The minimum atomic E-state index is 0.0803. The number of aromatic nitrogens is 2. The van der Waals surface area contributed by atoms with Crippen LogP contribution >= 0.6 is 0 Å². The molecule has 0 saturated heterocycles. The highest BCUT2D eigenvalue weighted by Crippen LogP contribution is 2.33. The average Bonchev–Trinajstić information content (AvgIpc) is 2.47.